The molecule has 15 heavy (non-hydrogen) atoms. The number of fused-ring (bicyclic) bond motifs is 1. The Labute approximate surface area is 94.3 Å². The molecule has 0 fully saturated rings. The minimum absolute atomic E-state index is 0.0761. The number of thioether (sulfide) groups is 1. The van der Waals surface area contributed by atoms with E-state index in [1.54, 1.807) is 23.1 Å². The van der Waals surface area contributed by atoms with E-state index in [1.165, 1.54) is 15.8 Å². The molecular weight excluding hydrogens is 230 g/mol. The summed E-state index contributed by atoms with van der Waals surface area (Å²) in [6, 6.07) is 4.06. The first-order valence-corrected chi connectivity index (χ1v) is 6.24. The van der Waals surface area contributed by atoms with Crippen molar-refractivity contribution < 1.29 is 4.79 Å². The lowest BCUT2D eigenvalue weighted by Gasteiger charge is -2.19. The van der Waals surface area contributed by atoms with Gasteiger partial charge in [0.15, 0.2) is 5.16 Å². The average molecular weight is 237 g/mol. The predicted molar refractivity (Wildman–Crippen MR) is 58.2 cm³/mol. The molecule has 0 aromatic carbocycles. The van der Waals surface area contributed by atoms with Gasteiger partial charge >= 0.3 is 0 Å². The van der Waals surface area contributed by atoms with Crippen molar-refractivity contribution in [1.82, 2.24) is 14.8 Å². The van der Waals surface area contributed by atoms with Gasteiger partial charge in [-0.1, -0.05) is 17.8 Å². The summed E-state index contributed by atoms with van der Waals surface area (Å²) in [6.45, 7) is 0. The Balaban J connectivity index is 1.96. The number of nitrogens with zero attached hydrogens (tertiary/aromatic N) is 3. The fourth-order valence-corrected chi connectivity index (χ4v) is 3.58. The van der Waals surface area contributed by atoms with Gasteiger partial charge in [-0.3, -0.25) is 4.79 Å². The summed E-state index contributed by atoms with van der Waals surface area (Å²) >= 11 is 3.28. The minimum atomic E-state index is 0.0761. The van der Waals surface area contributed by atoms with Crippen LogP contribution >= 0.6 is 23.1 Å². The maximum absolute atomic E-state index is 11.7. The van der Waals surface area contributed by atoms with Gasteiger partial charge < -0.3 is 0 Å². The molecule has 2 aromatic rings. The van der Waals surface area contributed by atoms with Gasteiger partial charge in [0.2, 0.25) is 5.91 Å². The van der Waals surface area contributed by atoms with Crippen LogP contribution in [-0.4, -0.2) is 20.7 Å². The monoisotopic (exact) mass is 237 g/mol. The molecule has 3 rings (SSSR count). The number of hydrogen-bond acceptors (Lipinski definition) is 5. The van der Waals surface area contributed by atoms with E-state index in [0.717, 1.165) is 0 Å². The van der Waals surface area contributed by atoms with Crippen LogP contribution in [0.4, 0.5) is 0 Å². The molecule has 6 heteroatoms. The predicted octanol–water partition coefficient (Wildman–Crippen LogP) is 2.22. The first-order chi connectivity index (χ1) is 7.34. The quantitative estimate of drug-likeness (QED) is 0.763. The van der Waals surface area contributed by atoms with Crippen LogP contribution in [0.3, 0.4) is 0 Å². The summed E-state index contributed by atoms with van der Waals surface area (Å²) in [6.07, 6.45) is 2.01. The standard InChI is InChI=1S/C9H7N3OS2/c13-8-4-7(6-2-1-3-14-6)15-9-11-10-5-12(8)9/h1-3,5,7H,4H2. The molecule has 1 aliphatic heterocycles. The van der Waals surface area contributed by atoms with Crippen LogP contribution in [0.25, 0.3) is 0 Å². The van der Waals surface area contributed by atoms with Gasteiger partial charge in [0.05, 0.1) is 5.25 Å². The van der Waals surface area contributed by atoms with Crippen LogP contribution < -0.4 is 0 Å². The smallest absolute Gasteiger partial charge is 0.235 e. The van der Waals surface area contributed by atoms with E-state index in [9.17, 15) is 4.79 Å². The Bertz CT molecular complexity index is 491. The molecular formula is C9H7N3OS2. The number of rotatable bonds is 1. The molecule has 0 radical (unpaired) electrons. The Morgan fingerprint density at radius 2 is 2.47 bits per heavy atom. The zero-order valence-corrected chi connectivity index (χ0v) is 9.29. The molecule has 4 nitrogen and oxygen atoms in total. The Kier molecular flexibility index (Phi) is 2.10. The first kappa shape index (κ1) is 9.11. The van der Waals surface area contributed by atoms with Gasteiger partial charge in [-0.2, -0.15) is 0 Å². The molecule has 0 saturated carbocycles. The summed E-state index contributed by atoms with van der Waals surface area (Å²) in [5.74, 6) is 0.0761. The lowest BCUT2D eigenvalue weighted by Crippen LogP contribution is -2.18. The van der Waals surface area contributed by atoms with E-state index in [1.807, 2.05) is 11.4 Å². The van der Waals surface area contributed by atoms with Gasteiger partial charge in [0.25, 0.3) is 0 Å². The van der Waals surface area contributed by atoms with Gasteiger partial charge in [-0.25, -0.2) is 4.57 Å². The Morgan fingerprint density at radius 3 is 3.27 bits per heavy atom. The van der Waals surface area contributed by atoms with Crippen molar-refractivity contribution >= 4 is 29.0 Å². The van der Waals surface area contributed by atoms with Crippen molar-refractivity contribution in [2.75, 3.05) is 0 Å². The van der Waals surface area contributed by atoms with Gasteiger partial charge in [-0.15, -0.1) is 21.5 Å². The lowest BCUT2D eigenvalue weighted by atomic mass is 10.2. The maximum atomic E-state index is 11.7. The van der Waals surface area contributed by atoms with Crippen molar-refractivity contribution in [2.24, 2.45) is 0 Å². The number of thiophene rings is 1. The summed E-state index contributed by atoms with van der Waals surface area (Å²) < 4.78 is 1.52. The van der Waals surface area contributed by atoms with Crippen LogP contribution in [0.15, 0.2) is 29.0 Å². The summed E-state index contributed by atoms with van der Waals surface area (Å²) in [5, 5.41) is 10.6. The molecule has 0 bridgehead atoms. The Hall–Kier alpha value is -1.14. The van der Waals surface area contributed by atoms with Crippen molar-refractivity contribution in [3.63, 3.8) is 0 Å². The van der Waals surface area contributed by atoms with E-state index >= 15 is 0 Å². The van der Waals surface area contributed by atoms with Crippen molar-refractivity contribution in [1.29, 1.82) is 0 Å². The first-order valence-electron chi connectivity index (χ1n) is 4.48. The Morgan fingerprint density at radius 1 is 1.53 bits per heavy atom. The third-order valence-corrected chi connectivity index (χ3v) is 4.58. The van der Waals surface area contributed by atoms with Gasteiger partial charge in [0.1, 0.15) is 6.33 Å². The SMILES string of the molecule is O=C1CC(c2cccs2)Sc2nncn21. The fourth-order valence-electron chi connectivity index (χ4n) is 1.53. The lowest BCUT2D eigenvalue weighted by molar-refractivity contribution is 0.0886. The molecule has 0 aliphatic carbocycles. The highest BCUT2D eigenvalue weighted by atomic mass is 32.2. The molecule has 0 saturated heterocycles. The molecule has 0 spiro atoms. The zero-order valence-electron chi connectivity index (χ0n) is 7.66. The molecule has 76 valence electrons. The average Bonchev–Trinajstić information content (AvgIpc) is 2.88. The van der Waals surface area contributed by atoms with Crippen LogP contribution in [0.1, 0.15) is 21.3 Å². The van der Waals surface area contributed by atoms with Crippen molar-refractivity contribution in [3.8, 4) is 0 Å². The normalized spacial score (nSPS) is 20.3. The number of carbonyl (C=O) groups excluding carboxylic acids is 1. The second kappa shape index (κ2) is 3.46. The number of aromatic nitrogens is 3. The molecule has 2 aromatic heterocycles. The largest absolute Gasteiger partial charge is 0.274 e. The zero-order chi connectivity index (χ0) is 10.3. The van der Waals surface area contributed by atoms with Crippen LogP contribution in [0, 0.1) is 0 Å². The third kappa shape index (κ3) is 1.49. The summed E-state index contributed by atoms with van der Waals surface area (Å²) in [7, 11) is 0. The van der Waals surface area contributed by atoms with E-state index in [0.29, 0.717) is 11.6 Å². The fraction of sp³-hybridized carbons (Fsp3) is 0.222. The molecule has 3 heterocycles. The van der Waals surface area contributed by atoms with Crippen molar-refractivity contribution in [3.05, 3.63) is 28.7 Å². The third-order valence-electron chi connectivity index (χ3n) is 2.25. The van der Waals surface area contributed by atoms with Crippen LogP contribution in [0.2, 0.25) is 0 Å². The maximum Gasteiger partial charge on any atom is 0.235 e. The van der Waals surface area contributed by atoms with Gasteiger partial charge in [-0.05, 0) is 11.4 Å². The molecule has 0 N–H and O–H groups in total. The second-order valence-electron chi connectivity index (χ2n) is 3.20. The van der Waals surface area contributed by atoms with Crippen molar-refractivity contribution in [2.45, 2.75) is 16.8 Å². The van der Waals surface area contributed by atoms with E-state index < -0.39 is 0 Å². The van der Waals surface area contributed by atoms with Gasteiger partial charge in [0, 0.05) is 11.3 Å². The van der Waals surface area contributed by atoms with Crippen LogP contribution in [-0.2, 0) is 0 Å². The number of hydrogen-bond donors (Lipinski definition) is 0. The molecule has 1 aliphatic rings. The summed E-state index contributed by atoms with van der Waals surface area (Å²) in [5.41, 5.74) is 0. The molecule has 1 unspecified atom stereocenters. The highest BCUT2D eigenvalue weighted by Crippen LogP contribution is 2.42. The number of carbonyl (C=O) groups is 1. The van der Waals surface area contributed by atoms with E-state index in [2.05, 4.69) is 16.3 Å². The highest BCUT2D eigenvalue weighted by molar-refractivity contribution is 7.99. The molecule has 0 amide bonds. The topological polar surface area (TPSA) is 47.8 Å². The highest BCUT2D eigenvalue weighted by Gasteiger charge is 2.28. The minimum Gasteiger partial charge on any atom is -0.274 e. The molecule has 1 atom stereocenters. The van der Waals surface area contributed by atoms with Crippen LogP contribution in [0.5, 0.6) is 0 Å². The second-order valence-corrected chi connectivity index (χ2v) is 5.35. The van der Waals surface area contributed by atoms with E-state index in [4.69, 9.17) is 0 Å². The summed E-state index contributed by atoms with van der Waals surface area (Å²) in [4.78, 5) is 13.0. The van der Waals surface area contributed by atoms with E-state index in [-0.39, 0.29) is 11.2 Å².